The molecule has 0 saturated carbocycles. The number of Topliss-reactive ketones (excluding diaryl/α,β-unsaturated/α-hetero) is 1. The summed E-state index contributed by atoms with van der Waals surface area (Å²) in [5.74, 6) is 1.84. The number of ketones is 1. The first-order chi connectivity index (χ1) is 6.02. The Morgan fingerprint density at radius 3 is 2.38 bits per heavy atom. The molecule has 1 aliphatic heterocycles. The van der Waals surface area contributed by atoms with Gasteiger partial charge in [0, 0.05) is 6.54 Å². The average molecular weight is 183 g/mol. The standard InChI is InChI=1S/C11H21NO/c1-8(2)11-5-6-12(7-11)9(3)10(4)13/h8-9,11H,5-7H2,1-4H3. The maximum Gasteiger partial charge on any atom is 0.146 e. The molecule has 2 atom stereocenters. The van der Waals surface area contributed by atoms with Gasteiger partial charge in [0.2, 0.25) is 0 Å². The van der Waals surface area contributed by atoms with Crippen molar-refractivity contribution in [1.82, 2.24) is 4.90 Å². The lowest BCUT2D eigenvalue weighted by atomic mass is 9.95. The Balaban J connectivity index is 2.45. The maximum atomic E-state index is 11.2. The van der Waals surface area contributed by atoms with Gasteiger partial charge >= 0.3 is 0 Å². The molecule has 0 aromatic carbocycles. The number of carbonyl (C=O) groups excluding carboxylic acids is 1. The van der Waals surface area contributed by atoms with Crippen LogP contribution in [0.25, 0.3) is 0 Å². The fourth-order valence-electron chi connectivity index (χ4n) is 1.97. The zero-order valence-electron chi connectivity index (χ0n) is 9.21. The van der Waals surface area contributed by atoms with E-state index in [0.29, 0.717) is 5.78 Å². The molecule has 1 aliphatic rings. The third kappa shape index (κ3) is 2.53. The molecule has 0 aliphatic carbocycles. The number of hydrogen-bond acceptors (Lipinski definition) is 2. The highest BCUT2D eigenvalue weighted by Gasteiger charge is 2.29. The highest BCUT2D eigenvalue weighted by Crippen LogP contribution is 2.25. The van der Waals surface area contributed by atoms with E-state index in [1.807, 2.05) is 6.92 Å². The molecule has 0 N–H and O–H groups in total. The quantitative estimate of drug-likeness (QED) is 0.666. The monoisotopic (exact) mass is 183 g/mol. The minimum atomic E-state index is 0.128. The van der Waals surface area contributed by atoms with Gasteiger partial charge in [0.15, 0.2) is 0 Å². The fraction of sp³-hybridized carbons (Fsp3) is 0.909. The molecule has 0 aromatic rings. The summed E-state index contributed by atoms with van der Waals surface area (Å²) in [4.78, 5) is 13.5. The van der Waals surface area contributed by atoms with Crippen molar-refractivity contribution in [2.45, 2.75) is 40.2 Å². The normalized spacial score (nSPS) is 26.7. The maximum absolute atomic E-state index is 11.2. The Morgan fingerprint density at radius 2 is 2.00 bits per heavy atom. The van der Waals surface area contributed by atoms with Gasteiger partial charge in [0.05, 0.1) is 6.04 Å². The first-order valence-corrected chi connectivity index (χ1v) is 5.27. The SMILES string of the molecule is CC(=O)C(C)N1CCC(C(C)C)C1. The Kier molecular flexibility index (Phi) is 3.48. The molecule has 0 radical (unpaired) electrons. The van der Waals surface area contributed by atoms with E-state index in [2.05, 4.69) is 18.7 Å². The van der Waals surface area contributed by atoms with Gasteiger partial charge in [-0.1, -0.05) is 13.8 Å². The van der Waals surface area contributed by atoms with Crippen LogP contribution in [0.2, 0.25) is 0 Å². The van der Waals surface area contributed by atoms with Crippen molar-refractivity contribution in [2.75, 3.05) is 13.1 Å². The lowest BCUT2D eigenvalue weighted by Crippen LogP contribution is -2.36. The van der Waals surface area contributed by atoms with Crippen LogP contribution in [0.5, 0.6) is 0 Å². The smallest absolute Gasteiger partial charge is 0.146 e. The largest absolute Gasteiger partial charge is 0.298 e. The Morgan fingerprint density at radius 1 is 1.38 bits per heavy atom. The van der Waals surface area contributed by atoms with Crippen LogP contribution >= 0.6 is 0 Å². The minimum absolute atomic E-state index is 0.128. The molecular formula is C11H21NO. The number of rotatable bonds is 3. The van der Waals surface area contributed by atoms with Crippen LogP contribution in [0.15, 0.2) is 0 Å². The van der Waals surface area contributed by atoms with E-state index in [-0.39, 0.29) is 6.04 Å². The summed E-state index contributed by atoms with van der Waals surface area (Å²) in [5.41, 5.74) is 0. The van der Waals surface area contributed by atoms with E-state index < -0.39 is 0 Å². The molecule has 2 unspecified atom stereocenters. The third-order valence-electron chi connectivity index (χ3n) is 3.33. The van der Waals surface area contributed by atoms with Crippen molar-refractivity contribution in [3.05, 3.63) is 0 Å². The summed E-state index contributed by atoms with van der Waals surface area (Å²) in [6.45, 7) is 10.5. The molecule has 2 heteroatoms. The first kappa shape index (κ1) is 10.7. The van der Waals surface area contributed by atoms with Gasteiger partial charge in [-0.25, -0.2) is 0 Å². The number of nitrogens with zero attached hydrogens (tertiary/aromatic N) is 1. The van der Waals surface area contributed by atoms with Gasteiger partial charge < -0.3 is 0 Å². The van der Waals surface area contributed by atoms with Gasteiger partial charge in [0.25, 0.3) is 0 Å². The molecule has 1 fully saturated rings. The van der Waals surface area contributed by atoms with Gasteiger partial charge in [-0.05, 0) is 38.6 Å². The van der Waals surface area contributed by atoms with Crippen LogP contribution in [0, 0.1) is 11.8 Å². The summed E-state index contributed by atoms with van der Waals surface area (Å²) in [7, 11) is 0. The molecule has 0 aromatic heterocycles. The molecule has 0 spiro atoms. The number of likely N-dealkylation sites (tertiary alicyclic amines) is 1. The lowest BCUT2D eigenvalue weighted by molar-refractivity contribution is -0.121. The molecule has 76 valence electrons. The van der Waals surface area contributed by atoms with E-state index in [1.165, 1.54) is 6.42 Å². The highest BCUT2D eigenvalue weighted by molar-refractivity contribution is 5.80. The average Bonchev–Trinajstić information content (AvgIpc) is 2.50. The van der Waals surface area contributed by atoms with Crippen molar-refractivity contribution >= 4 is 5.78 Å². The second-order valence-electron chi connectivity index (χ2n) is 4.57. The molecule has 0 amide bonds. The van der Waals surface area contributed by atoms with Crippen molar-refractivity contribution in [2.24, 2.45) is 11.8 Å². The minimum Gasteiger partial charge on any atom is -0.298 e. The van der Waals surface area contributed by atoms with Gasteiger partial charge in [-0.3, -0.25) is 9.69 Å². The number of hydrogen-bond donors (Lipinski definition) is 0. The zero-order chi connectivity index (χ0) is 10.0. The highest BCUT2D eigenvalue weighted by atomic mass is 16.1. The molecule has 13 heavy (non-hydrogen) atoms. The molecule has 1 heterocycles. The summed E-state index contributed by atoms with van der Waals surface area (Å²) < 4.78 is 0. The summed E-state index contributed by atoms with van der Waals surface area (Å²) in [6, 6.07) is 0.128. The van der Waals surface area contributed by atoms with Crippen LogP contribution < -0.4 is 0 Å². The van der Waals surface area contributed by atoms with Crippen molar-refractivity contribution in [3.8, 4) is 0 Å². The van der Waals surface area contributed by atoms with Crippen molar-refractivity contribution in [3.63, 3.8) is 0 Å². The Labute approximate surface area is 81.3 Å². The molecule has 1 rings (SSSR count). The predicted molar refractivity (Wildman–Crippen MR) is 54.7 cm³/mol. The molecule has 0 bridgehead atoms. The van der Waals surface area contributed by atoms with E-state index in [1.54, 1.807) is 6.92 Å². The van der Waals surface area contributed by atoms with Crippen LogP contribution in [0.1, 0.15) is 34.1 Å². The summed E-state index contributed by atoms with van der Waals surface area (Å²) in [5, 5.41) is 0. The zero-order valence-corrected chi connectivity index (χ0v) is 9.21. The first-order valence-electron chi connectivity index (χ1n) is 5.27. The van der Waals surface area contributed by atoms with E-state index in [9.17, 15) is 4.79 Å². The Hall–Kier alpha value is -0.370. The van der Waals surface area contributed by atoms with Crippen molar-refractivity contribution < 1.29 is 4.79 Å². The molecular weight excluding hydrogens is 162 g/mol. The fourth-order valence-corrected chi connectivity index (χ4v) is 1.97. The Bertz CT molecular complexity index is 189. The summed E-state index contributed by atoms with van der Waals surface area (Å²) in [6.07, 6.45) is 1.26. The van der Waals surface area contributed by atoms with E-state index >= 15 is 0 Å². The molecule has 1 saturated heterocycles. The summed E-state index contributed by atoms with van der Waals surface area (Å²) >= 11 is 0. The van der Waals surface area contributed by atoms with Crippen molar-refractivity contribution in [1.29, 1.82) is 0 Å². The number of carbonyl (C=O) groups is 1. The second kappa shape index (κ2) is 4.23. The lowest BCUT2D eigenvalue weighted by Gasteiger charge is -2.22. The molecule has 2 nitrogen and oxygen atoms in total. The van der Waals surface area contributed by atoms with Gasteiger partial charge in [-0.15, -0.1) is 0 Å². The third-order valence-corrected chi connectivity index (χ3v) is 3.33. The van der Waals surface area contributed by atoms with Gasteiger partial charge in [0.1, 0.15) is 5.78 Å². The van der Waals surface area contributed by atoms with E-state index in [0.717, 1.165) is 24.9 Å². The van der Waals surface area contributed by atoms with Gasteiger partial charge in [-0.2, -0.15) is 0 Å². The van der Waals surface area contributed by atoms with Crippen LogP contribution in [-0.2, 0) is 4.79 Å². The topological polar surface area (TPSA) is 20.3 Å². The van der Waals surface area contributed by atoms with E-state index in [4.69, 9.17) is 0 Å². The second-order valence-corrected chi connectivity index (χ2v) is 4.57. The van der Waals surface area contributed by atoms with Crippen LogP contribution in [-0.4, -0.2) is 29.8 Å². The predicted octanol–water partition coefficient (Wildman–Crippen LogP) is 1.94. The van der Waals surface area contributed by atoms with Crippen LogP contribution in [0.3, 0.4) is 0 Å². The van der Waals surface area contributed by atoms with Crippen LogP contribution in [0.4, 0.5) is 0 Å².